The summed E-state index contributed by atoms with van der Waals surface area (Å²) in [5.74, 6) is 0.759. The van der Waals surface area contributed by atoms with Gasteiger partial charge in [-0.05, 0) is 30.9 Å². The molecule has 0 amide bonds. The van der Waals surface area contributed by atoms with E-state index in [4.69, 9.17) is 18.0 Å². The fourth-order valence-electron chi connectivity index (χ4n) is 1.87. The van der Waals surface area contributed by atoms with Crippen LogP contribution in [0.25, 0.3) is 0 Å². The first-order valence-electron chi connectivity index (χ1n) is 6.12. The fourth-order valence-corrected chi connectivity index (χ4v) is 2.04. The molecule has 0 saturated heterocycles. The Labute approximate surface area is 110 Å². The number of nitrogens with two attached hydrogens (primary N) is 1. The monoisotopic (exact) mass is 250 g/mol. The Morgan fingerprint density at radius 2 is 2.00 bits per heavy atom. The van der Waals surface area contributed by atoms with E-state index in [1.54, 1.807) is 0 Å². The van der Waals surface area contributed by atoms with Gasteiger partial charge in [0.05, 0.1) is 0 Å². The molecule has 2 N–H and O–H groups in total. The first-order valence-corrected chi connectivity index (χ1v) is 6.53. The third kappa shape index (κ3) is 4.35. The molecule has 1 aromatic carbocycles. The average molecular weight is 250 g/mol. The van der Waals surface area contributed by atoms with E-state index in [9.17, 15) is 0 Å². The maximum absolute atomic E-state index is 5.73. The van der Waals surface area contributed by atoms with E-state index >= 15 is 0 Å². The highest BCUT2D eigenvalue weighted by Crippen LogP contribution is 2.19. The molecule has 0 spiro atoms. The summed E-state index contributed by atoms with van der Waals surface area (Å²) in [7, 11) is 2.09. The van der Waals surface area contributed by atoms with Crippen molar-refractivity contribution in [2.45, 2.75) is 26.7 Å². The predicted octanol–water partition coefficient (Wildman–Crippen LogP) is 3.19. The van der Waals surface area contributed by atoms with Gasteiger partial charge in [0, 0.05) is 24.8 Å². The van der Waals surface area contributed by atoms with Crippen molar-refractivity contribution in [2.24, 2.45) is 11.7 Å². The van der Waals surface area contributed by atoms with Gasteiger partial charge in [-0.15, -0.1) is 0 Å². The van der Waals surface area contributed by atoms with Crippen molar-refractivity contribution < 1.29 is 0 Å². The van der Waals surface area contributed by atoms with Crippen LogP contribution in [0, 0.1) is 5.92 Å². The van der Waals surface area contributed by atoms with E-state index in [1.165, 1.54) is 12.8 Å². The summed E-state index contributed by atoms with van der Waals surface area (Å²) in [5, 5.41) is 0. The summed E-state index contributed by atoms with van der Waals surface area (Å²) in [6, 6.07) is 8.05. The number of nitrogens with zero attached hydrogens (tertiary/aromatic N) is 1. The van der Waals surface area contributed by atoms with Gasteiger partial charge < -0.3 is 10.6 Å². The smallest absolute Gasteiger partial charge is 0.106 e. The molecule has 0 heterocycles. The molecule has 0 radical (unpaired) electrons. The van der Waals surface area contributed by atoms with Gasteiger partial charge in [-0.1, -0.05) is 38.2 Å². The molecule has 0 aliphatic heterocycles. The van der Waals surface area contributed by atoms with E-state index in [0.717, 1.165) is 23.7 Å². The highest BCUT2D eigenvalue weighted by atomic mass is 32.1. The summed E-state index contributed by atoms with van der Waals surface area (Å²) in [6.07, 6.45) is 2.44. The van der Waals surface area contributed by atoms with Gasteiger partial charge in [0.15, 0.2) is 0 Å². The summed E-state index contributed by atoms with van der Waals surface area (Å²) in [6.45, 7) is 5.55. The van der Waals surface area contributed by atoms with Crippen LogP contribution in [0.1, 0.15) is 32.3 Å². The van der Waals surface area contributed by atoms with Gasteiger partial charge in [-0.3, -0.25) is 0 Å². The second-order valence-electron chi connectivity index (χ2n) is 4.84. The lowest BCUT2D eigenvalue weighted by Crippen LogP contribution is -2.23. The first-order chi connectivity index (χ1) is 8.02. The van der Waals surface area contributed by atoms with Crippen molar-refractivity contribution in [1.82, 2.24) is 0 Å². The van der Waals surface area contributed by atoms with E-state index in [0.29, 0.717) is 4.99 Å². The Morgan fingerprint density at radius 3 is 2.59 bits per heavy atom. The number of thiocarbonyl (C=S) groups is 1. The van der Waals surface area contributed by atoms with Crippen molar-refractivity contribution in [3.05, 3.63) is 29.8 Å². The number of anilines is 1. The average Bonchev–Trinajstić information content (AvgIpc) is 2.28. The first kappa shape index (κ1) is 14.0. The molecule has 0 aliphatic rings. The molecular weight excluding hydrogens is 228 g/mol. The highest BCUT2D eigenvalue weighted by Gasteiger charge is 2.08. The van der Waals surface area contributed by atoms with Crippen LogP contribution in [0.4, 0.5) is 5.69 Å². The van der Waals surface area contributed by atoms with E-state index in [1.807, 2.05) is 18.2 Å². The van der Waals surface area contributed by atoms with Crippen LogP contribution in [0.5, 0.6) is 0 Å². The molecule has 1 rings (SSSR count). The van der Waals surface area contributed by atoms with E-state index < -0.39 is 0 Å². The van der Waals surface area contributed by atoms with Gasteiger partial charge in [0.25, 0.3) is 0 Å². The maximum atomic E-state index is 5.73. The van der Waals surface area contributed by atoms with Gasteiger partial charge >= 0.3 is 0 Å². The molecule has 17 heavy (non-hydrogen) atoms. The Bertz CT molecular complexity index is 374. The lowest BCUT2D eigenvalue weighted by molar-refractivity contribution is 0.556. The zero-order valence-corrected chi connectivity index (χ0v) is 11.8. The normalized spacial score (nSPS) is 10.6. The zero-order chi connectivity index (χ0) is 12.8. The second-order valence-corrected chi connectivity index (χ2v) is 5.28. The van der Waals surface area contributed by atoms with Gasteiger partial charge in [0.1, 0.15) is 4.99 Å². The number of hydrogen-bond acceptors (Lipinski definition) is 2. The quantitative estimate of drug-likeness (QED) is 0.786. The lowest BCUT2D eigenvalue weighted by atomic mass is 10.1. The van der Waals surface area contributed by atoms with Crippen LogP contribution in [-0.2, 0) is 0 Å². The Kier molecular flexibility index (Phi) is 5.42. The summed E-state index contributed by atoms with van der Waals surface area (Å²) >= 11 is 5.07. The molecule has 94 valence electrons. The minimum absolute atomic E-state index is 0.469. The van der Waals surface area contributed by atoms with E-state index in [-0.39, 0.29) is 0 Å². The molecule has 0 bridgehead atoms. The van der Waals surface area contributed by atoms with E-state index in [2.05, 4.69) is 31.9 Å². The number of para-hydroxylation sites is 1. The second kappa shape index (κ2) is 6.60. The van der Waals surface area contributed by atoms with Crippen LogP contribution in [0.15, 0.2) is 24.3 Å². The van der Waals surface area contributed by atoms with Gasteiger partial charge in [-0.2, -0.15) is 0 Å². The maximum Gasteiger partial charge on any atom is 0.106 e. The van der Waals surface area contributed by atoms with Crippen molar-refractivity contribution in [1.29, 1.82) is 0 Å². The van der Waals surface area contributed by atoms with Crippen LogP contribution in [-0.4, -0.2) is 18.6 Å². The van der Waals surface area contributed by atoms with Crippen LogP contribution >= 0.6 is 12.2 Å². The Morgan fingerprint density at radius 1 is 1.35 bits per heavy atom. The predicted molar refractivity (Wildman–Crippen MR) is 79.7 cm³/mol. The SMILES string of the molecule is CC(C)CCCN(C)c1ccccc1C(N)=S. The molecule has 0 unspecified atom stereocenters. The molecule has 0 fully saturated rings. The largest absolute Gasteiger partial charge is 0.389 e. The minimum Gasteiger partial charge on any atom is -0.389 e. The molecular formula is C14H22N2S. The number of benzene rings is 1. The topological polar surface area (TPSA) is 29.3 Å². The zero-order valence-electron chi connectivity index (χ0n) is 10.9. The summed E-state index contributed by atoms with van der Waals surface area (Å²) in [4.78, 5) is 2.70. The Hall–Kier alpha value is -1.09. The third-order valence-electron chi connectivity index (χ3n) is 2.86. The van der Waals surface area contributed by atoms with Crippen LogP contribution in [0.3, 0.4) is 0 Å². The Balaban J connectivity index is 2.68. The van der Waals surface area contributed by atoms with Crippen molar-refractivity contribution >= 4 is 22.9 Å². The molecule has 3 heteroatoms. The minimum atomic E-state index is 0.469. The molecule has 0 atom stereocenters. The molecule has 1 aromatic rings. The number of hydrogen-bond donors (Lipinski definition) is 1. The van der Waals surface area contributed by atoms with Crippen LogP contribution < -0.4 is 10.6 Å². The van der Waals surface area contributed by atoms with Crippen LogP contribution in [0.2, 0.25) is 0 Å². The summed E-state index contributed by atoms with van der Waals surface area (Å²) < 4.78 is 0. The third-order valence-corrected chi connectivity index (χ3v) is 3.08. The highest BCUT2D eigenvalue weighted by molar-refractivity contribution is 7.80. The number of rotatable bonds is 6. The molecule has 2 nitrogen and oxygen atoms in total. The molecule has 0 saturated carbocycles. The van der Waals surface area contributed by atoms with Gasteiger partial charge in [0.2, 0.25) is 0 Å². The molecule has 0 aromatic heterocycles. The molecule has 0 aliphatic carbocycles. The van der Waals surface area contributed by atoms with Crippen molar-refractivity contribution in [3.63, 3.8) is 0 Å². The van der Waals surface area contributed by atoms with Crippen molar-refractivity contribution in [2.75, 3.05) is 18.5 Å². The van der Waals surface area contributed by atoms with Crippen molar-refractivity contribution in [3.8, 4) is 0 Å². The fraction of sp³-hybridized carbons (Fsp3) is 0.500. The lowest BCUT2D eigenvalue weighted by Gasteiger charge is -2.22. The van der Waals surface area contributed by atoms with Gasteiger partial charge in [-0.25, -0.2) is 0 Å². The standard InChI is InChI=1S/C14H22N2S/c1-11(2)7-6-10-16(3)13-9-5-4-8-12(13)14(15)17/h4-5,8-9,11H,6-7,10H2,1-3H3,(H2,15,17). The summed E-state index contributed by atoms with van der Waals surface area (Å²) in [5.41, 5.74) is 7.83.